The summed E-state index contributed by atoms with van der Waals surface area (Å²) in [5, 5.41) is 32.2. The summed E-state index contributed by atoms with van der Waals surface area (Å²) in [7, 11) is 0. The van der Waals surface area contributed by atoms with Crippen molar-refractivity contribution in [2.75, 3.05) is 105 Å². The molecule has 127 heavy (non-hydrogen) atoms. The Morgan fingerprint density at radius 3 is 1.23 bits per heavy atom. The Bertz CT molecular complexity index is 5080. The Labute approximate surface area is 748 Å². The number of carbonyl (C=O) groups is 1. The van der Waals surface area contributed by atoms with E-state index in [0.717, 1.165) is 251 Å². The Morgan fingerprint density at radius 2 is 0.772 bits per heavy atom. The standard InChI is InChI=1S/C39H49NO7.C38H45NO7.C29H31NO4/c1-27-19-20-40(26-27)21-24-42-30-13-11-29(12-14-30)38-37(28-9-15-31(16-10-28)45-35-7-3-5-22-43-35)39(2,41)33-18-17-32(25-34(33)47-38)46-36-8-4-6-23-44-36;1-26-18-19-39(25-26)20-23-41-29-12-10-28(11-13-29)38-36(27-8-14-30(15-9-27)44-34-6-2-4-21-42-34)37(40)32-17-16-31(24-33(32)46-38)45-35-7-3-5-22-43-35;1-19-13-14-30(18-19)15-16-33-25-10-5-22(6-11-25)29-28(21-3-7-23(31)8-4-21)20(2)26-12-9-24(32)17-27(26)34-29/h9-18,25,27,35-38,41H,3-8,19-24,26H2,1-2H3;8-17,24,26,34-36,38H,2-7,18-23,25H2,1H3;3-12,17,19,29,31-32H,13-16,18H2,1-2H3/t27-,35?,36?,37?,38?,39?;26-,34?,35?,36?,38?;19-,29?/m111/s1. The topological polar surface area (TPSA) is 217 Å². The number of carbonyl (C=O) groups excluding carboxylic acids is 1. The van der Waals surface area contributed by atoms with Crippen molar-refractivity contribution in [1.82, 2.24) is 14.7 Å². The Morgan fingerprint density at radius 1 is 0.386 bits per heavy atom. The maximum absolute atomic E-state index is 14.2. The second-order valence-electron chi connectivity index (χ2n) is 36.3. The number of hydrogen-bond acceptors (Lipinski definition) is 21. The van der Waals surface area contributed by atoms with Gasteiger partial charge in [-0.2, -0.15) is 0 Å². The van der Waals surface area contributed by atoms with Crippen LogP contribution in [0.2, 0.25) is 0 Å². The average Bonchev–Trinajstić information content (AvgIpc) is 1.64. The summed E-state index contributed by atoms with van der Waals surface area (Å²) in [5.74, 6) is 8.85. The molecule has 0 aromatic heterocycles. The van der Waals surface area contributed by atoms with Crippen LogP contribution < -0.4 is 47.4 Å². The molecular formula is C106H125N3O18. The molecule has 0 bridgehead atoms. The number of hydrogen-bond donors (Lipinski definition) is 3. The molecule has 9 aromatic carbocycles. The fraction of sp³-hybridized carbons (Fsp3) is 0.462. The predicted molar refractivity (Wildman–Crippen MR) is 487 cm³/mol. The molecule has 21 heteroatoms. The number of benzene rings is 9. The Hall–Kier alpha value is -10.3. The first kappa shape index (κ1) is 88.7. The van der Waals surface area contributed by atoms with Crippen LogP contribution in [0, 0.1) is 17.8 Å². The van der Waals surface area contributed by atoms with Crippen LogP contribution in [0.5, 0.6) is 69.0 Å². The van der Waals surface area contributed by atoms with Crippen LogP contribution in [-0.2, 0) is 24.5 Å². The minimum Gasteiger partial charge on any atom is -0.508 e. The van der Waals surface area contributed by atoms with Gasteiger partial charge in [0, 0.05) is 99.9 Å². The number of ketones is 1. The monoisotopic (exact) mass is 1730 g/mol. The zero-order valence-electron chi connectivity index (χ0n) is 74.2. The molecule has 672 valence electrons. The highest BCUT2D eigenvalue weighted by Gasteiger charge is 2.49. The minimum absolute atomic E-state index is 0.0103. The van der Waals surface area contributed by atoms with Gasteiger partial charge in [-0.05, 0) is 270 Å². The molecule has 10 heterocycles. The van der Waals surface area contributed by atoms with Crippen LogP contribution in [0.25, 0.3) is 11.1 Å². The fourth-order valence-corrected chi connectivity index (χ4v) is 19.3. The van der Waals surface area contributed by atoms with E-state index in [1.165, 1.54) is 19.3 Å². The summed E-state index contributed by atoms with van der Waals surface area (Å²) < 4.78 is 85.8. The summed E-state index contributed by atoms with van der Waals surface area (Å²) in [5.41, 5.74) is 8.77. The van der Waals surface area contributed by atoms with Gasteiger partial charge in [0.25, 0.3) is 0 Å². The summed E-state index contributed by atoms with van der Waals surface area (Å²) in [6, 6.07) is 63.6. The van der Waals surface area contributed by atoms with Gasteiger partial charge in [-0.25, -0.2) is 0 Å². The van der Waals surface area contributed by atoms with E-state index in [4.69, 9.17) is 66.3 Å². The van der Waals surface area contributed by atoms with Gasteiger partial charge in [0.15, 0.2) is 30.9 Å². The van der Waals surface area contributed by atoms with Crippen molar-refractivity contribution in [2.24, 2.45) is 17.8 Å². The lowest BCUT2D eigenvalue weighted by atomic mass is 9.71. The van der Waals surface area contributed by atoms with Crippen LogP contribution >= 0.6 is 0 Å². The molecule has 10 aliphatic heterocycles. The predicted octanol–water partition coefficient (Wildman–Crippen LogP) is 20.5. The van der Waals surface area contributed by atoms with Crippen LogP contribution in [0.4, 0.5) is 0 Å². The molecule has 0 aliphatic carbocycles. The van der Waals surface area contributed by atoms with Crippen molar-refractivity contribution in [3.05, 3.63) is 250 Å². The molecule has 0 radical (unpaired) electrons. The first-order valence-electron chi connectivity index (χ1n) is 46.6. The zero-order valence-corrected chi connectivity index (χ0v) is 74.2. The van der Waals surface area contributed by atoms with Crippen molar-refractivity contribution >= 4 is 16.9 Å². The van der Waals surface area contributed by atoms with Gasteiger partial charge in [0.05, 0.1) is 43.8 Å². The lowest BCUT2D eigenvalue weighted by Gasteiger charge is -2.44. The lowest BCUT2D eigenvalue weighted by Crippen LogP contribution is -2.40. The zero-order chi connectivity index (χ0) is 87.2. The van der Waals surface area contributed by atoms with E-state index in [9.17, 15) is 20.1 Å². The molecule has 19 rings (SSSR count). The number of rotatable bonds is 26. The quantitative estimate of drug-likeness (QED) is 0.0459. The van der Waals surface area contributed by atoms with Crippen molar-refractivity contribution in [3.8, 4) is 69.0 Å². The molecule has 9 aromatic rings. The number of aliphatic hydroxyl groups is 1. The highest BCUT2D eigenvalue weighted by atomic mass is 16.7. The van der Waals surface area contributed by atoms with Gasteiger partial charge in [-0.15, -0.1) is 0 Å². The van der Waals surface area contributed by atoms with E-state index in [2.05, 4.69) is 54.5 Å². The Kier molecular flexibility index (Phi) is 29.2. The number of ether oxygens (including phenoxy) is 14. The van der Waals surface area contributed by atoms with Crippen LogP contribution in [0.1, 0.15) is 216 Å². The third-order valence-corrected chi connectivity index (χ3v) is 26.4. The highest BCUT2D eigenvalue weighted by Crippen LogP contribution is 2.56. The first-order valence-corrected chi connectivity index (χ1v) is 46.6. The number of nitrogens with zero attached hydrogens (tertiary/aromatic N) is 3. The normalized spacial score (nSPS) is 26.0. The van der Waals surface area contributed by atoms with Gasteiger partial charge in [0.2, 0.25) is 0 Å². The number of allylic oxidation sites excluding steroid dienone is 1. The fourth-order valence-electron chi connectivity index (χ4n) is 19.3. The molecule has 3 N–H and O–H groups in total. The third-order valence-electron chi connectivity index (χ3n) is 26.4. The van der Waals surface area contributed by atoms with Crippen LogP contribution in [-0.4, -0.2) is 166 Å². The average molecular weight is 1730 g/mol. The molecule has 7 saturated heterocycles. The van der Waals surface area contributed by atoms with Crippen molar-refractivity contribution in [3.63, 3.8) is 0 Å². The Balaban J connectivity index is 0.000000136. The van der Waals surface area contributed by atoms with Gasteiger partial charge in [-0.1, -0.05) is 93.6 Å². The number of fused-ring (bicyclic) bond motifs is 3. The number of phenolic OH excluding ortho intramolecular Hbond substituents is 2. The summed E-state index contributed by atoms with van der Waals surface area (Å²) in [4.78, 5) is 21.6. The van der Waals surface area contributed by atoms with Crippen LogP contribution in [0.15, 0.2) is 200 Å². The summed E-state index contributed by atoms with van der Waals surface area (Å²) in [6.45, 7) is 25.4. The molecular weight excluding hydrogens is 1600 g/mol. The van der Waals surface area contributed by atoms with E-state index in [1.807, 2.05) is 171 Å². The molecule has 0 saturated carbocycles. The number of likely N-dealkylation sites (tertiary alicyclic amines) is 3. The molecule has 10 aliphatic rings. The summed E-state index contributed by atoms with van der Waals surface area (Å²) in [6.07, 6.45) is 13.5. The molecule has 10 unspecified atom stereocenters. The van der Waals surface area contributed by atoms with Crippen LogP contribution in [0.3, 0.4) is 0 Å². The van der Waals surface area contributed by atoms with Gasteiger partial charge in [0.1, 0.15) is 113 Å². The number of phenols is 2. The van der Waals surface area contributed by atoms with Gasteiger partial charge >= 0.3 is 0 Å². The number of aromatic hydroxyl groups is 2. The molecule has 0 spiro atoms. The van der Waals surface area contributed by atoms with E-state index in [0.29, 0.717) is 67.3 Å². The smallest absolute Gasteiger partial charge is 0.199 e. The maximum atomic E-state index is 14.2. The molecule has 7 fully saturated rings. The van der Waals surface area contributed by atoms with Gasteiger partial charge in [-0.3, -0.25) is 19.5 Å². The largest absolute Gasteiger partial charge is 0.508 e. The van der Waals surface area contributed by atoms with E-state index in [-0.39, 0.29) is 48.5 Å². The van der Waals surface area contributed by atoms with E-state index in [1.54, 1.807) is 24.3 Å². The van der Waals surface area contributed by atoms with Crippen molar-refractivity contribution in [1.29, 1.82) is 0 Å². The van der Waals surface area contributed by atoms with E-state index < -0.39 is 29.6 Å². The number of Topliss-reactive ketones (excluding diaryl/α,β-unsaturated/α-hetero) is 1. The first-order chi connectivity index (χ1) is 62.0. The molecule has 0 amide bonds. The molecule has 21 nitrogen and oxygen atoms in total. The van der Waals surface area contributed by atoms with Crippen molar-refractivity contribution in [2.45, 2.75) is 192 Å². The highest BCUT2D eigenvalue weighted by molar-refractivity contribution is 6.05. The SMILES string of the molecule is CC1=C(c2ccc(O)cc2)C(c2ccc(OCCN3CC[C@@H](C)C3)cc2)Oc2cc(O)ccc21.C[C@@H]1CCN(CCOc2ccc(C3Oc4cc(OC5CCCCO5)ccc4C(=O)C3c3ccc(OC4CCCCO4)cc3)cc2)C1.C[C@@H]1CCN(CCOc2ccc(C3Oc4cc(OC5CCCCO5)ccc4C(C)(O)C3c3ccc(OC4CCCCO4)cc3)cc2)C1. The second kappa shape index (κ2) is 41.8. The minimum atomic E-state index is -1.24. The molecule has 13 atom stereocenters. The van der Waals surface area contributed by atoms with E-state index >= 15 is 0 Å². The third kappa shape index (κ3) is 22.5. The van der Waals surface area contributed by atoms with Crippen molar-refractivity contribution < 1.29 is 86.4 Å². The van der Waals surface area contributed by atoms with Gasteiger partial charge < -0.3 is 81.6 Å². The summed E-state index contributed by atoms with van der Waals surface area (Å²) >= 11 is 0. The maximum Gasteiger partial charge on any atom is 0.199 e. The lowest BCUT2D eigenvalue weighted by molar-refractivity contribution is -0.106. The second-order valence-corrected chi connectivity index (χ2v) is 36.3.